The van der Waals surface area contributed by atoms with Gasteiger partial charge in [-0.3, -0.25) is 9.69 Å². The van der Waals surface area contributed by atoms with E-state index in [1.807, 2.05) is 11.0 Å². The molecule has 1 saturated heterocycles. The Morgan fingerprint density at radius 2 is 1.81 bits per heavy atom. The van der Waals surface area contributed by atoms with Crippen LogP contribution in [0.1, 0.15) is 35.7 Å². The number of rotatable bonds is 4. The fraction of sp³-hybridized carbons (Fsp3) is 0.409. The van der Waals surface area contributed by atoms with Gasteiger partial charge < -0.3 is 14.4 Å². The molecule has 0 radical (unpaired) electrons. The van der Waals surface area contributed by atoms with Gasteiger partial charge in [-0.15, -0.1) is 0 Å². The molecule has 3 rings (SSSR count). The number of furan rings is 1. The maximum atomic E-state index is 12.6. The first kappa shape index (κ1) is 19.2. The van der Waals surface area contributed by atoms with E-state index >= 15 is 0 Å². The van der Waals surface area contributed by atoms with E-state index in [1.54, 1.807) is 26.0 Å². The van der Waals surface area contributed by atoms with Crippen LogP contribution in [-0.4, -0.2) is 59.1 Å². The Kier molecular flexibility index (Phi) is 6.00. The molecule has 1 fully saturated rings. The van der Waals surface area contributed by atoms with E-state index in [4.69, 9.17) is 4.42 Å². The summed E-state index contributed by atoms with van der Waals surface area (Å²) < 4.78 is 5.54. The van der Waals surface area contributed by atoms with Crippen LogP contribution in [0.3, 0.4) is 0 Å². The standard InChI is InChI=1S/C22H26N2O3/c1-22(2,26)12-10-19-8-9-20(27-19)21(25)24-16-14-23(15-17-24)13-11-18-6-4-3-5-7-18/h3-9,26H,11,13-17H2,1-2H3. The molecule has 2 heterocycles. The molecule has 0 unspecified atom stereocenters. The number of nitrogens with zero attached hydrogens (tertiary/aromatic N) is 2. The van der Waals surface area contributed by atoms with E-state index in [-0.39, 0.29) is 5.91 Å². The minimum atomic E-state index is -1.09. The smallest absolute Gasteiger partial charge is 0.289 e. The van der Waals surface area contributed by atoms with Crippen LogP contribution in [0.4, 0.5) is 0 Å². The molecule has 1 aromatic carbocycles. The number of amides is 1. The summed E-state index contributed by atoms with van der Waals surface area (Å²) >= 11 is 0. The number of carbonyl (C=O) groups excluding carboxylic acids is 1. The Morgan fingerprint density at radius 3 is 2.48 bits per heavy atom. The van der Waals surface area contributed by atoms with Crippen molar-refractivity contribution >= 4 is 5.91 Å². The Hall–Kier alpha value is -2.55. The van der Waals surface area contributed by atoms with Gasteiger partial charge in [-0.1, -0.05) is 36.3 Å². The zero-order valence-electron chi connectivity index (χ0n) is 15.9. The van der Waals surface area contributed by atoms with Crippen LogP contribution < -0.4 is 0 Å². The normalized spacial score (nSPS) is 15.3. The predicted molar refractivity (Wildman–Crippen MR) is 104 cm³/mol. The average molecular weight is 366 g/mol. The van der Waals surface area contributed by atoms with E-state index < -0.39 is 5.60 Å². The number of piperazine rings is 1. The molecule has 0 saturated carbocycles. The lowest BCUT2D eigenvalue weighted by Gasteiger charge is -2.34. The summed E-state index contributed by atoms with van der Waals surface area (Å²) in [6, 6.07) is 13.8. The second-order valence-electron chi connectivity index (χ2n) is 7.34. The van der Waals surface area contributed by atoms with Crippen LogP contribution in [0.5, 0.6) is 0 Å². The maximum Gasteiger partial charge on any atom is 0.289 e. The van der Waals surface area contributed by atoms with Crippen LogP contribution in [0, 0.1) is 11.8 Å². The van der Waals surface area contributed by atoms with Gasteiger partial charge in [-0.25, -0.2) is 0 Å². The highest BCUT2D eigenvalue weighted by Crippen LogP contribution is 2.13. The van der Waals surface area contributed by atoms with E-state index in [2.05, 4.69) is 41.0 Å². The molecular weight excluding hydrogens is 340 g/mol. The lowest BCUT2D eigenvalue weighted by atomic mass is 10.1. The monoisotopic (exact) mass is 366 g/mol. The highest BCUT2D eigenvalue weighted by atomic mass is 16.4. The van der Waals surface area contributed by atoms with Gasteiger partial charge in [0.25, 0.3) is 5.91 Å². The molecule has 0 aliphatic carbocycles. The van der Waals surface area contributed by atoms with E-state index in [1.165, 1.54) is 5.56 Å². The number of hydrogen-bond acceptors (Lipinski definition) is 4. The molecule has 1 N–H and O–H groups in total. The molecule has 27 heavy (non-hydrogen) atoms. The van der Waals surface area contributed by atoms with Crippen LogP contribution in [0.15, 0.2) is 46.9 Å². The molecule has 5 nitrogen and oxygen atoms in total. The van der Waals surface area contributed by atoms with Crippen LogP contribution in [0.25, 0.3) is 0 Å². The van der Waals surface area contributed by atoms with Gasteiger partial charge >= 0.3 is 0 Å². The first-order chi connectivity index (χ1) is 12.9. The zero-order chi connectivity index (χ0) is 19.3. The van der Waals surface area contributed by atoms with Gasteiger partial charge in [-0.05, 0) is 43.9 Å². The van der Waals surface area contributed by atoms with Crippen molar-refractivity contribution in [1.82, 2.24) is 9.80 Å². The topological polar surface area (TPSA) is 56.9 Å². The Morgan fingerprint density at radius 1 is 1.11 bits per heavy atom. The molecule has 1 amide bonds. The zero-order valence-corrected chi connectivity index (χ0v) is 15.9. The lowest BCUT2D eigenvalue weighted by molar-refractivity contribution is 0.0607. The predicted octanol–water partition coefficient (Wildman–Crippen LogP) is 2.40. The molecule has 0 bridgehead atoms. The van der Waals surface area contributed by atoms with Gasteiger partial charge in [0.2, 0.25) is 0 Å². The number of aliphatic hydroxyl groups is 1. The van der Waals surface area contributed by atoms with Gasteiger partial charge in [0.1, 0.15) is 5.60 Å². The van der Waals surface area contributed by atoms with Gasteiger partial charge in [-0.2, -0.15) is 0 Å². The lowest BCUT2D eigenvalue weighted by Crippen LogP contribution is -2.49. The SMILES string of the molecule is CC(C)(O)C#Cc1ccc(C(=O)N2CCN(CCc3ccccc3)CC2)o1. The molecule has 5 heteroatoms. The second-order valence-corrected chi connectivity index (χ2v) is 7.34. The third kappa shape index (κ3) is 5.72. The summed E-state index contributed by atoms with van der Waals surface area (Å²) in [6.45, 7) is 7.33. The third-order valence-electron chi connectivity index (χ3n) is 4.53. The fourth-order valence-electron chi connectivity index (χ4n) is 3.00. The highest BCUT2D eigenvalue weighted by molar-refractivity contribution is 5.91. The van der Waals surface area contributed by atoms with Crippen molar-refractivity contribution < 1.29 is 14.3 Å². The molecule has 1 aromatic heterocycles. The molecule has 0 spiro atoms. The van der Waals surface area contributed by atoms with Crippen molar-refractivity contribution in [3.05, 3.63) is 59.5 Å². The first-order valence-electron chi connectivity index (χ1n) is 9.32. The Labute approximate surface area is 160 Å². The molecule has 2 aromatic rings. The second kappa shape index (κ2) is 8.43. The van der Waals surface area contributed by atoms with Gasteiger partial charge in [0.15, 0.2) is 11.5 Å². The van der Waals surface area contributed by atoms with Gasteiger partial charge in [0, 0.05) is 32.7 Å². The minimum Gasteiger partial charge on any atom is -0.443 e. The van der Waals surface area contributed by atoms with Gasteiger partial charge in [0.05, 0.1) is 0 Å². The largest absolute Gasteiger partial charge is 0.443 e. The number of hydrogen-bond donors (Lipinski definition) is 1. The van der Waals surface area contributed by atoms with Crippen molar-refractivity contribution in [3.63, 3.8) is 0 Å². The average Bonchev–Trinajstić information content (AvgIpc) is 3.14. The van der Waals surface area contributed by atoms with Crippen LogP contribution in [-0.2, 0) is 6.42 Å². The Balaban J connectivity index is 1.50. The summed E-state index contributed by atoms with van der Waals surface area (Å²) in [6.07, 6.45) is 1.02. The first-order valence-corrected chi connectivity index (χ1v) is 9.32. The molecule has 1 aliphatic rings. The fourth-order valence-corrected chi connectivity index (χ4v) is 3.00. The van der Waals surface area contributed by atoms with Crippen molar-refractivity contribution in [1.29, 1.82) is 0 Å². The molecule has 1 aliphatic heterocycles. The van der Waals surface area contributed by atoms with Crippen molar-refractivity contribution in [2.75, 3.05) is 32.7 Å². The summed E-state index contributed by atoms with van der Waals surface area (Å²) in [5, 5.41) is 9.65. The summed E-state index contributed by atoms with van der Waals surface area (Å²) in [4.78, 5) is 16.8. The third-order valence-corrected chi connectivity index (χ3v) is 4.53. The molecule has 0 atom stereocenters. The quantitative estimate of drug-likeness (QED) is 0.845. The van der Waals surface area contributed by atoms with Crippen molar-refractivity contribution in [3.8, 4) is 11.8 Å². The number of benzene rings is 1. The van der Waals surface area contributed by atoms with Crippen molar-refractivity contribution in [2.45, 2.75) is 25.9 Å². The van der Waals surface area contributed by atoms with Crippen LogP contribution >= 0.6 is 0 Å². The summed E-state index contributed by atoms with van der Waals surface area (Å²) in [5.41, 5.74) is 0.249. The molecular formula is C22H26N2O3. The van der Waals surface area contributed by atoms with Crippen molar-refractivity contribution in [2.24, 2.45) is 0 Å². The van der Waals surface area contributed by atoms with Crippen LogP contribution in [0.2, 0.25) is 0 Å². The van der Waals surface area contributed by atoms with E-state index in [9.17, 15) is 9.90 Å². The van der Waals surface area contributed by atoms with E-state index in [0.717, 1.165) is 26.1 Å². The summed E-state index contributed by atoms with van der Waals surface area (Å²) in [7, 11) is 0. The minimum absolute atomic E-state index is 0.103. The maximum absolute atomic E-state index is 12.6. The summed E-state index contributed by atoms with van der Waals surface area (Å²) in [5.74, 6) is 6.03. The van der Waals surface area contributed by atoms with E-state index in [0.29, 0.717) is 24.6 Å². The Bertz CT molecular complexity index is 816. The highest BCUT2D eigenvalue weighted by Gasteiger charge is 2.24. The number of carbonyl (C=O) groups is 1. The molecule has 142 valence electrons.